The molecule has 4 nitrogen and oxygen atoms in total. The normalized spacial score (nSPS) is 29.5. The maximum Gasteiger partial charge on any atom is 0.330 e. The van der Waals surface area contributed by atoms with E-state index in [2.05, 4.69) is 19.9 Å². The molecule has 0 aromatic heterocycles. The molecule has 29 heavy (non-hydrogen) atoms. The first-order valence-corrected chi connectivity index (χ1v) is 11.1. The van der Waals surface area contributed by atoms with Gasteiger partial charge in [-0.05, 0) is 70.8 Å². The van der Waals surface area contributed by atoms with E-state index in [1.54, 1.807) is 6.08 Å². The van der Waals surface area contributed by atoms with Crippen molar-refractivity contribution in [3.63, 3.8) is 0 Å². The molecule has 3 aliphatic carbocycles. The molecule has 1 aliphatic heterocycles. The van der Waals surface area contributed by atoms with Gasteiger partial charge in [0.1, 0.15) is 5.60 Å². The quantitative estimate of drug-likeness (QED) is 0.426. The monoisotopic (exact) mass is 418 g/mol. The molecule has 0 radical (unpaired) electrons. The highest BCUT2D eigenvalue weighted by Crippen LogP contribution is 2.58. The summed E-state index contributed by atoms with van der Waals surface area (Å²) in [5.41, 5.74) is 1.27. The molecule has 0 amide bonds. The fourth-order valence-electron chi connectivity index (χ4n) is 5.17. The van der Waals surface area contributed by atoms with Crippen molar-refractivity contribution in [2.45, 2.75) is 71.3 Å². The highest BCUT2D eigenvalue weighted by Gasteiger charge is 2.48. The molecule has 1 aromatic carbocycles. The third kappa shape index (κ3) is 4.28. The van der Waals surface area contributed by atoms with E-state index in [1.165, 1.54) is 0 Å². The Morgan fingerprint density at radius 2 is 1.86 bits per heavy atom. The van der Waals surface area contributed by atoms with Crippen LogP contribution in [0.2, 0.25) is 5.02 Å². The molecule has 5 heteroatoms. The summed E-state index contributed by atoms with van der Waals surface area (Å²) in [5, 5.41) is 0.702. The third-order valence-corrected chi connectivity index (χ3v) is 7.16. The predicted octanol–water partition coefficient (Wildman–Crippen LogP) is 5.89. The zero-order valence-corrected chi connectivity index (χ0v) is 18.4. The van der Waals surface area contributed by atoms with Crippen molar-refractivity contribution in [3.05, 3.63) is 34.9 Å². The molecule has 2 bridgehead atoms. The van der Waals surface area contributed by atoms with Gasteiger partial charge in [-0.3, -0.25) is 0 Å². The molecule has 0 spiro atoms. The van der Waals surface area contributed by atoms with Crippen LogP contribution in [0.3, 0.4) is 0 Å². The van der Waals surface area contributed by atoms with Gasteiger partial charge in [0.2, 0.25) is 0 Å². The first kappa shape index (κ1) is 20.6. The van der Waals surface area contributed by atoms with Gasteiger partial charge in [0, 0.05) is 34.6 Å². The van der Waals surface area contributed by atoms with E-state index in [0.717, 1.165) is 62.0 Å². The van der Waals surface area contributed by atoms with Crippen molar-refractivity contribution in [1.82, 2.24) is 0 Å². The molecule has 0 unspecified atom stereocenters. The maximum absolute atomic E-state index is 11.7. The predicted molar refractivity (Wildman–Crippen MR) is 114 cm³/mol. The van der Waals surface area contributed by atoms with Gasteiger partial charge in [0.25, 0.3) is 0 Å². The second kappa shape index (κ2) is 7.54. The summed E-state index contributed by atoms with van der Waals surface area (Å²) in [6, 6.07) is 3.87. The number of ether oxygens (including phenoxy) is 3. The molecule has 158 valence electrons. The number of allylic oxidation sites excluding steroid dienone is 1. The van der Waals surface area contributed by atoms with Crippen LogP contribution in [-0.4, -0.2) is 24.8 Å². The van der Waals surface area contributed by atoms with Gasteiger partial charge in [-0.1, -0.05) is 17.7 Å². The number of fused-ring (bicyclic) bond motifs is 4. The first-order chi connectivity index (χ1) is 13.7. The maximum atomic E-state index is 11.7. The van der Waals surface area contributed by atoms with Crippen molar-refractivity contribution in [2.24, 2.45) is 10.8 Å². The molecule has 0 N–H and O–H groups in total. The summed E-state index contributed by atoms with van der Waals surface area (Å²) < 4.78 is 17.5. The summed E-state index contributed by atoms with van der Waals surface area (Å²) in [7, 11) is 0. The average molecular weight is 419 g/mol. The molecular formula is C24H31ClO4. The van der Waals surface area contributed by atoms with Gasteiger partial charge in [-0.2, -0.15) is 0 Å². The Morgan fingerprint density at radius 3 is 2.52 bits per heavy atom. The topological polar surface area (TPSA) is 44.8 Å². The molecule has 1 heterocycles. The minimum absolute atomic E-state index is 0.152. The van der Waals surface area contributed by atoms with E-state index in [1.807, 2.05) is 19.1 Å². The number of rotatable bonds is 6. The van der Waals surface area contributed by atoms with Crippen molar-refractivity contribution < 1.29 is 19.0 Å². The van der Waals surface area contributed by atoms with Gasteiger partial charge in [-0.25, -0.2) is 4.79 Å². The number of carbonyl (C=O) groups is 1. The Kier molecular flexibility index (Phi) is 5.35. The average Bonchev–Trinajstić information content (AvgIpc) is 3.00. The van der Waals surface area contributed by atoms with E-state index in [9.17, 15) is 4.79 Å². The summed E-state index contributed by atoms with van der Waals surface area (Å²) in [6.45, 7) is 7.14. The first-order valence-electron chi connectivity index (χ1n) is 10.7. The number of hydrogen-bond acceptors (Lipinski definition) is 4. The molecular weight excluding hydrogens is 388 g/mol. The fraction of sp³-hybridized carbons (Fsp3) is 0.625. The van der Waals surface area contributed by atoms with Crippen LogP contribution in [0.25, 0.3) is 0 Å². The molecule has 4 aliphatic rings. The minimum atomic E-state index is -0.231. The second-order valence-electron chi connectivity index (χ2n) is 9.67. The van der Waals surface area contributed by atoms with Crippen LogP contribution in [0.1, 0.15) is 64.9 Å². The van der Waals surface area contributed by atoms with Crippen LogP contribution in [0.4, 0.5) is 0 Å². The molecule has 5 rings (SSSR count). The Morgan fingerprint density at radius 1 is 1.17 bits per heavy atom. The van der Waals surface area contributed by atoms with Gasteiger partial charge < -0.3 is 14.2 Å². The molecule has 0 saturated heterocycles. The van der Waals surface area contributed by atoms with Crippen molar-refractivity contribution >= 4 is 17.6 Å². The van der Waals surface area contributed by atoms with Crippen LogP contribution in [-0.2, 0) is 16.0 Å². The van der Waals surface area contributed by atoms with Crippen LogP contribution in [0.5, 0.6) is 11.5 Å². The Balaban J connectivity index is 1.41. The highest BCUT2D eigenvalue weighted by atomic mass is 35.5. The fourth-order valence-corrected chi connectivity index (χ4v) is 5.40. The van der Waals surface area contributed by atoms with Gasteiger partial charge in [0.15, 0.2) is 11.5 Å². The van der Waals surface area contributed by atoms with Crippen LogP contribution in [0.15, 0.2) is 24.3 Å². The van der Waals surface area contributed by atoms with Gasteiger partial charge in [-0.15, -0.1) is 0 Å². The molecule has 0 atom stereocenters. The van der Waals surface area contributed by atoms with Crippen molar-refractivity contribution in [2.75, 3.05) is 13.2 Å². The van der Waals surface area contributed by atoms with E-state index >= 15 is 0 Å². The molecule has 3 fully saturated rings. The van der Waals surface area contributed by atoms with Crippen molar-refractivity contribution in [3.8, 4) is 11.5 Å². The zero-order valence-electron chi connectivity index (χ0n) is 17.7. The highest BCUT2D eigenvalue weighted by molar-refractivity contribution is 6.30. The summed E-state index contributed by atoms with van der Waals surface area (Å²) in [4.78, 5) is 11.7. The summed E-state index contributed by atoms with van der Waals surface area (Å²) in [6.07, 6.45) is 11.2. The Hall–Kier alpha value is -1.68. The number of benzene rings is 1. The largest absolute Gasteiger partial charge is 0.489 e. The smallest absolute Gasteiger partial charge is 0.330 e. The standard InChI is InChI=1S/C24H31ClO4/c1-4-27-20(26)5-6-23-7-10-24(11-8-23,12-9-23)16-28-19-14-18(25)13-17-15-22(2,3)29-21(17)19/h5-6,13-14H,4,7-12,15-16H2,1-3H3. The second-order valence-corrected chi connectivity index (χ2v) is 10.1. The van der Waals surface area contributed by atoms with Crippen molar-refractivity contribution in [1.29, 1.82) is 0 Å². The lowest BCUT2D eigenvalue weighted by Gasteiger charge is -2.52. The lowest BCUT2D eigenvalue weighted by atomic mass is 9.54. The Labute approximate surface area is 178 Å². The molecule has 3 saturated carbocycles. The number of halogens is 1. The minimum Gasteiger partial charge on any atom is -0.489 e. The summed E-state index contributed by atoms with van der Waals surface area (Å²) in [5.74, 6) is 1.40. The van der Waals surface area contributed by atoms with E-state index in [0.29, 0.717) is 18.2 Å². The lowest BCUT2D eigenvalue weighted by Crippen LogP contribution is -2.43. The van der Waals surface area contributed by atoms with Gasteiger partial charge >= 0.3 is 5.97 Å². The van der Waals surface area contributed by atoms with E-state index < -0.39 is 0 Å². The zero-order chi connectivity index (χ0) is 20.7. The molecule has 1 aromatic rings. The van der Waals surface area contributed by atoms with Gasteiger partial charge in [0.05, 0.1) is 13.2 Å². The summed E-state index contributed by atoms with van der Waals surface area (Å²) >= 11 is 6.34. The van der Waals surface area contributed by atoms with Crippen LogP contribution >= 0.6 is 11.6 Å². The van der Waals surface area contributed by atoms with Crippen LogP contribution < -0.4 is 9.47 Å². The van der Waals surface area contributed by atoms with Crippen LogP contribution in [0, 0.1) is 10.8 Å². The van der Waals surface area contributed by atoms with E-state index in [4.69, 9.17) is 25.8 Å². The number of hydrogen-bond donors (Lipinski definition) is 0. The third-order valence-electron chi connectivity index (χ3n) is 6.94. The lowest BCUT2D eigenvalue weighted by molar-refractivity contribution is -0.137. The Bertz CT molecular complexity index is 802. The SMILES string of the molecule is CCOC(=O)C=CC12CCC(COc3cc(Cl)cc4c3OC(C)(C)C4)(CC1)CC2. The number of carbonyl (C=O) groups excluding carboxylic acids is 1. The van der Waals surface area contributed by atoms with E-state index in [-0.39, 0.29) is 22.4 Å². The number of esters is 1.